The van der Waals surface area contributed by atoms with Crippen molar-refractivity contribution in [3.05, 3.63) is 0 Å². The van der Waals surface area contributed by atoms with Crippen molar-refractivity contribution in [3.8, 4) is 0 Å². The van der Waals surface area contributed by atoms with Gasteiger partial charge in [-0.15, -0.1) is 0 Å². The van der Waals surface area contributed by atoms with Crippen molar-refractivity contribution in [1.82, 2.24) is 0 Å². The zero-order chi connectivity index (χ0) is 9.33. The second kappa shape index (κ2) is 11.1. The predicted octanol–water partition coefficient (Wildman–Crippen LogP) is 0.0350. The van der Waals surface area contributed by atoms with Gasteiger partial charge in [0.1, 0.15) is 6.29 Å². The number of hydrogen-bond acceptors (Lipinski definition) is 5. The third-order valence-electron chi connectivity index (χ3n) is 0.676. The van der Waals surface area contributed by atoms with Crippen LogP contribution in [-0.2, 0) is 32.3 Å². The second-order valence-corrected chi connectivity index (χ2v) is 2.53. The Balaban J connectivity index is -0.000000126. The van der Waals surface area contributed by atoms with E-state index < -0.39 is 10.4 Å². The van der Waals surface area contributed by atoms with Gasteiger partial charge >= 0.3 is 17.1 Å². The molecule has 0 unspecified atom stereocenters. The van der Waals surface area contributed by atoms with Crippen molar-refractivity contribution in [2.24, 2.45) is 0 Å². The van der Waals surface area contributed by atoms with Crippen LogP contribution in [0.4, 0.5) is 0 Å². The van der Waals surface area contributed by atoms with Crippen LogP contribution < -0.4 is 0 Å². The van der Waals surface area contributed by atoms with Gasteiger partial charge < -0.3 is 13.9 Å². The Bertz CT molecular complexity index is 168. The second-order valence-electron chi connectivity index (χ2n) is 1.72. The molecule has 0 atom stereocenters. The molecule has 0 aromatic rings. The van der Waals surface area contributed by atoms with Gasteiger partial charge in [0, 0.05) is 16.8 Å². The minimum absolute atomic E-state index is 0. The van der Waals surface area contributed by atoms with Gasteiger partial charge in [0.25, 0.3) is 0 Å². The Morgan fingerprint density at radius 1 is 1.33 bits per heavy atom. The van der Waals surface area contributed by atoms with Gasteiger partial charge in [-0.2, -0.15) is 0 Å². The topological polar surface area (TPSA) is 97.3 Å². The molecule has 0 aliphatic heterocycles. The average molecular weight is 246 g/mol. The molecule has 0 bridgehead atoms. The third-order valence-corrected chi connectivity index (χ3v) is 0.676. The minimum atomic E-state index is -5.17. The average Bonchev–Trinajstić information content (AvgIpc) is 1.79. The van der Waals surface area contributed by atoms with E-state index in [1.165, 1.54) is 0 Å². The number of unbranched alkanes of at least 4 members (excludes halogenated alkanes) is 2. The Labute approximate surface area is 82.6 Å². The van der Waals surface area contributed by atoms with Gasteiger partial charge in [0.05, 0.1) is 0 Å². The maximum Gasteiger partial charge on any atom is 2.00 e. The number of carbonyl (C=O) groups is 1. The molecule has 0 aliphatic carbocycles. The van der Waals surface area contributed by atoms with E-state index in [-0.39, 0.29) is 17.1 Å². The molecule has 0 saturated carbocycles. The molecule has 5 nitrogen and oxygen atoms in total. The summed E-state index contributed by atoms with van der Waals surface area (Å²) >= 11 is 0. The maximum atomic E-state index is 9.56. The molecule has 1 radical (unpaired) electrons. The standard InChI is InChI=1S/C5H10O.Cu.H2O4S/c1-2-3-4-5-6;;1-5(2,3)4/h5H,2-4H2,1H3;;(H2,1,2,3,4)/q;+2;/p-2. The molecule has 0 aromatic heterocycles. The van der Waals surface area contributed by atoms with Gasteiger partial charge in [-0.1, -0.05) is 13.3 Å². The van der Waals surface area contributed by atoms with Crippen molar-refractivity contribution in [1.29, 1.82) is 0 Å². The van der Waals surface area contributed by atoms with Crippen LogP contribution >= 0.6 is 0 Å². The first-order valence-electron chi connectivity index (χ1n) is 3.02. The summed E-state index contributed by atoms with van der Waals surface area (Å²) in [7, 11) is -5.17. The molecule has 77 valence electrons. The van der Waals surface area contributed by atoms with Crippen LogP contribution in [0.15, 0.2) is 0 Å². The van der Waals surface area contributed by atoms with Crippen LogP contribution in [0.5, 0.6) is 0 Å². The number of hydrogen-bond donors (Lipinski definition) is 0. The van der Waals surface area contributed by atoms with Gasteiger partial charge in [-0.25, -0.2) is 0 Å². The summed E-state index contributed by atoms with van der Waals surface area (Å²) in [5, 5.41) is 0. The largest absolute Gasteiger partial charge is 2.00 e. The fourth-order valence-electron chi connectivity index (χ4n) is 0.287. The van der Waals surface area contributed by atoms with Crippen LogP contribution in [0.25, 0.3) is 0 Å². The quantitative estimate of drug-likeness (QED) is 0.230. The van der Waals surface area contributed by atoms with E-state index in [2.05, 4.69) is 6.92 Å². The monoisotopic (exact) mass is 245 g/mol. The van der Waals surface area contributed by atoms with Crippen molar-refractivity contribution >= 4 is 16.7 Å². The smallest absolute Gasteiger partial charge is 0.759 e. The number of aldehydes is 1. The zero-order valence-electron chi connectivity index (χ0n) is 6.45. The van der Waals surface area contributed by atoms with E-state index in [1.807, 2.05) is 0 Å². The predicted molar refractivity (Wildman–Crippen MR) is 36.1 cm³/mol. The van der Waals surface area contributed by atoms with Crippen molar-refractivity contribution < 1.29 is 39.4 Å². The van der Waals surface area contributed by atoms with E-state index in [4.69, 9.17) is 17.5 Å². The Hall–Kier alpha value is 0.0595. The fourth-order valence-corrected chi connectivity index (χ4v) is 0.287. The van der Waals surface area contributed by atoms with Crippen molar-refractivity contribution in [2.45, 2.75) is 26.2 Å². The van der Waals surface area contributed by atoms with Crippen molar-refractivity contribution in [3.63, 3.8) is 0 Å². The molecule has 0 saturated heterocycles. The molecule has 0 spiro atoms. The first kappa shape index (κ1) is 18.0. The van der Waals surface area contributed by atoms with Gasteiger partial charge in [-0.05, 0) is 6.42 Å². The Morgan fingerprint density at radius 2 is 1.67 bits per heavy atom. The van der Waals surface area contributed by atoms with Crippen LogP contribution in [-0.4, -0.2) is 23.8 Å². The normalized spacial score (nSPS) is 8.92. The molecule has 7 heteroatoms. The Morgan fingerprint density at radius 3 is 1.75 bits per heavy atom. The molecule has 0 N–H and O–H groups in total. The van der Waals surface area contributed by atoms with Crippen LogP contribution in [0.1, 0.15) is 26.2 Å². The summed E-state index contributed by atoms with van der Waals surface area (Å²) in [6, 6.07) is 0. The number of carbonyl (C=O) groups excluding carboxylic acids is 1. The number of rotatable bonds is 3. The third kappa shape index (κ3) is 88.2. The summed E-state index contributed by atoms with van der Waals surface area (Å²) in [6.45, 7) is 2.07. The van der Waals surface area contributed by atoms with E-state index in [9.17, 15) is 4.79 Å². The van der Waals surface area contributed by atoms with Crippen molar-refractivity contribution in [2.75, 3.05) is 0 Å². The maximum absolute atomic E-state index is 9.56. The zero-order valence-corrected chi connectivity index (χ0v) is 8.21. The summed E-state index contributed by atoms with van der Waals surface area (Å²) in [4.78, 5) is 9.56. The van der Waals surface area contributed by atoms with Crippen LogP contribution in [0, 0.1) is 0 Å². The molecule has 0 rings (SSSR count). The van der Waals surface area contributed by atoms with Crippen LogP contribution in [0.3, 0.4) is 0 Å². The molecular weight excluding hydrogens is 236 g/mol. The van der Waals surface area contributed by atoms with E-state index in [0.29, 0.717) is 0 Å². The molecule has 0 amide bonds. The minimum Gasteiger partial charge on any atom is -0.759 e. The SMILES string of the molecule is CCCCC=O.O=S(=O)([O-])[O-].[Cu+2]. The molecule has 0 heterocycles. The molecular formula is C5H10CuO5S. The summed E-state index contributed by atoms with van der Waals surface area (Å²) in [5.74, 6) is 0. The molecule has 12 heavy (non-hydrogen) atoms. The van der Waals surface area contributed by atoms with E-state index in [1.54, 1.807) is 0 Å². The summed E-state index contributed by atoms with van der Waals surface area (Å²) in [6.07, 6.45) is 3.86. The molecule has 0 fully saturated rings. The van der Waals surface area contributed by atoms with Gasteiger partial charge in [0.15, 0.2) is 0 Å². The first-order chi connectivity index (χ1) is 4.91. The Kier molecular flexibility index (Phi) is 16.6. The van der Waals surface area contributed by atoms with Gasteiger partial charge in [-0.3, -0.25) is 8.42 Å². The first-order valence-corrected chi connectivity index (χ1v) is 4.35. The molecule has 0 aliphatic rings. The van der Waals surface area contributed by atoms with E-state index in [0.717, 1.165) is 25.5 Å². The fraction of sp³-hybridized carbons (Fsp3) is 0.800. The van der Waals surface area contributed by atoms with Gasteiger partial charge in [0.2, 0.25) is 0 Å². The summed E-state index contributed by atoms with van der Waals surface area (Å²) in [5.41, 5.74) is 0. The summed E-state index contributed by atoms with van der Waals surface area (Å²) < 4.78 is 34.1. The van der Waals surface area contributed by atoms with Crippen LogP contribution in [0.2, 0.25) is 0 Å². The van der Waals surface area contributed by atoms with E-state index >= 15 is 0 Å². The molecule has 0 aromatic carbocycles.